The van der Waals surface area contributed by atoms with Gasteiger partial charge in [-0.25, -0.2) is 4.79 Å². The van der Waals surface area contributed by atoms with E-state index >= 15 is 0 Å². The lowest BCUT2D eigenvalue weighted by atomic mass is 10.1. The number of thiophene rings is 1. The van der Waals surface area contributed by atoms with Gasteiger partial charge in [0.05, 0.1) is 16.2 Å². The number of rotatable bonds is 14. The van der Waals surface area contributed by atoms with E-state index in [-0.39, 0.29) is 41.9 Å². The Balaban J connectivity index is 1.98. The zero-order valence-electron chi connectivity index (χ0n) is 20.6. The Kier molecular flexibility index (Phi) is 9.76. The quantitative estimate of drug-likeness (QED) is 0.113. The fourth-order valence-electron chi connectivity index (χ4n) is 3.88. The summed E-state index contributed by atoms with van der Waals surface area (Å²) in [5, 5.41) is 9.09. The molecule has 0 aliphatic rings. The molecule has 0 aliphatic heterocycles. The van der Waals surface area contributed by atoms with Crippen LogP contribution >= 0.6 is 11.3 Å². The summed E-state index contributed by atoms with van der Waals surface area (Å²) >= 11 is 0.251. The van der Waals surface area contributed by atoms with Crippen LogP contribution in [0.25, 0.3) is 21.4 Å². The molecule has 0 spiro atoms. The molecule has 0 atom stereocenters. The molecule has 0 unspecified atom stereocenters. The van der Waals surface area contributed by atoms with Crippen LogP contribution in [0.4, 0.5) is 5.69 Å². The van der Waals surface area contributed by atoms with E-state index in [1.54, 1.807) is 11.0 Å². The van der Waals surface area contributed by atoms with Gasteiger partial charge in [-0.3, -0.25) is 18.5 Å². The van der Waals surface area contributed by atoms with Crippen molar-refractivity contribution >= 4 is 64.3 Å². The molecule has 0 amide bonds. The first-order chi connectivity index (χ1) is 18.5. The summed E-state index contributed by atoms with van der Waals surface area (Å²) in [6, 6.07) is 6.36. The van der Waals surface area contributed by atoms with Crippen LogP contribution < -0.4 is 10.5 Å². The lowest BCUT2D eigenvalue weighted by molar-refractivity contribution is -0.137. The Morgan fingerprint density at radius 3 is 2.15 bits per heavy atom. The SMILES string of the molecule is O=C(O)CCCCCN(CCCS(=O)(=O)O)c1ccc2cc(-c3sc(S(=O)(=O)O)cc3S(=O)(=O)O)c(=O)oc2c1. The fraction of sp³-hybridized carbons (Fsp3) is 0.364. The van der Waals surface area contributed by atoms with Gasteiger partial charge >= 0.3 is 21.7 Å². The van der Waals surface area contributed by atoms with Crippen molar-refractivity contribution in [3.05, 3.63) is 40.8 Å². The third-order valence-electron chi connectivity index (χ3n) is 5.69. The van der Waals surface area contributed by atoms with Crippen LogP contribution in [0.3, 0.4) is 0 Å². The topological polar surface area (TPSA) is 234 Å². The second-order valence-corrected chi connectivity index (χ2v) is 14.4. The van der Waals surface area contributed by atoms with E-state index in [1.807, 2.05) is 0 Å². The summed E-state index contributed by atoms with van der Waals surface area (Å²) in [6.45, 7) is 0.585. The molecule has 0 bridgehead atoms. The van der Waals surface area contributed by atoms with Crippen LogP contribution in [-0.2, 0) is 35.1 Å². The number of carboxylic acid groups (broad SMARTS) is 1. The van der Waals surface area contributed by atoms with Gasteiger partial charge in [0.2, 0.25) is 0 Å². The lowest BCUT2D eigenvalue weighted by Gasteiger charge is -2.25. The molecule has 0 aliphatic carbocycles. The lowest BCUT2D eigenvalue weighted by Crippen LogP contribution is -2.27. The molecule has 0 radical (unpaired) electrons. The third kappa shape index (κ3) is 8.56. The van der Waals surface area contributed by atoms with E-state index in [1.165, 1.54) is 18.2 Å². The van der Waals surface area contributed by atoms with E-state index in [0.29, 0.717) is 42.9 Å². The molecule has 0 fully saturated rings. The van der Waals surface area contributed by atoms with Crippen molar-refractivity contribution in [2.24, 2.45) is 0 Å². The molecule has 0 saturated carbocycles. The number of aliphatic carboxylic acids is 1. The molecule has 0 saturated heterocycles. The monoisotopic (exact) mass is 639 g/mol. The molecule has 4 N–H and O–H groups in total. The molecular formula is C22H25NO13S4. The maximum atomic E-state index is 12.8. The number of hydrogen-bond donors (Lipinski definition) is 4. The first-order valence-electron chi connectivity index (χ1n) is 11.5. The van der Waals surface area contributed by atoms with Gasteiger partial charge in [-0.2, -0.15) is 25.3 Å². The molecular weight excluding hydrogens is 615 g/mol. The Labute approximate surface area is 233 Å². The number of nitrogens with zero attached hydrogens (tertiary/aromatic N) is 1. The maximum absolute atomic E-state index is 12.8. The second-order valence-electron chi connectivity index (χ2n) is 8.71. The first kappa shape index (κ1) is 31.7. The largest absolute Gasteiger partial charge is 0.481 e. The minimum absolute atomic E-state index is 0.00147. The van der Waals surface area contributed by atoms with Crippen molar-refractivity contribution in [1.29, 1.82) is 0 Å². The molecule has 220 valence electrons. The van der Waals surface area contributed by atoms with E-state index in [9.17, 15) is 43.9 Å². The van der Waals surface area contributed by atoms with E-state index in [4.69, 9.17) is 14.1 Å². The first-order valence-corrected chi connectivity index (χ1v) is 16.9. The summed E-state index contributed by atoms with van der Waals surface area (Å²) in [6.07, 6.45) is 1.66. The van der Waals surface area contributed by atoms with E-state index in [2.05, 4.69) is 0 Å². The number of hydrogen-bond acceptors (Lipinski definition) is 11. The van der Waals surface area contributed by atoms with Crippen molar-refractivity contribution in [2.45, 2.75) is 41.2 Å². The van der Waals surface area contributed by atoms with Crippen LogP contribution in [-0.4, -0.2) is 68.8 Å². The Morgan fingerprint density at radius 2 is 1.55 bits per heavy atom. The summed E-state index contributed by atoms with van der Waals surface area (Å²) in [5.74, 6) is -1.41. The van der Waals surface area contributed by atoms with E-state index in [0.717, 1.165) is 0 Å². The molecule has 1 aromatic carbocycles. The number of carbonyl (C=O) groups is 1. The van der Waals surface area contributed by atoms with E-state index < -0.39 is 61.7 Å². The van der Waals surface area contributed by atoms with Crippen LogP contribution in [0, 0.1) is 0 Å². The number of fused-ring (bicyclic) bond motifs is 1. The van der Waals surface area contributed by atoms with Gasteiger partial charge in [-0.1, -0.05) is 6.42 Å². The molecule has 40 heavy (non-hydrogen) atoms. The molecule has 3 rings (SSSR count). The molecule has 3 aromatic rings. The van der Waals surface area contributed by atoms with Gasteiger partial charge in [-0.15, -0.1) is 11.3 Å². The number of anilines is 1. The van der Waals surface area contributed by atoms with Gasteiger partial charge < -0.3 is 14.4 Å². The Hall–Kier alpha value is -2.87. The summed E-state index contributed by atoms with van der Waals surface area (Å²) in [5.41, 5.74) is -0.877. The van der Waals surface area contributed by atoms with Crippen LogP contribution in [0.1, 0.15) is 32.1 Å². The van der Waals surface area contributed by atoms with Crippen molar-refractivity contribution in [3.63, 3.8) is 0 Å². The van der Waals surface area contributed by atoms with Crippen LogP contribution in [0.5, 0.6) is 0 Å². The minimum Gasteiger partial charge on any atom is -0.481 e. The predicted molar refractivity (Wildman–Crippen MR) is 145 cm³/mol. The highest BCUT2D eigenvalue weighted by Gasteiger charge is 2.27. The van der Waals surface area contributed by atoms with Gasteiger partial charge in [0.25, 0.3) is 20.2 Å². The Bertz CT molecular complexity index is 1790. The highest BCUT2D eigenvalue weighted by Crippen LogP contribution is 2.37. The van der Waals surface area contributed by atoms with Crippen LogP contribution in [0.15, 0.2) is 48.6 Å². The van der Waals surface area contributed by atoms with Gasteiger partial charge in [0.1, 0.15) is 14.7 Å². The highest BCUT2D eigenvalue weighted by atomic mass is 32.3. The van der Waals surface area contributed by atoms with Gasteiger partial charge in [0, 0.05) is 36.7 Å². The van der Waals surface area contributed by atoms with Crippen molar-refractivity contribution in [1.82, 2.24) is 0 Å². The third-order valence-corrected chi connectivity index (χ3v) is 9.97. The van der Waals surface area contributed by atoms with Crippen molar-refractivity contribution in [3.8, 4) is 10.4 Å². The number of benzene rings is 1. The summed E-state index contributed by atoms with van der Waals surface area (Å²) in [4.78, 5) is 24.0. The van der Waals surface area contributed by atoms with Gasteiger partial charge in [-0.05, 0) is 43.5 Å². The minimum atomic E-state index is -4.99. The number of carboxylic acids is 1. The number of unbranched alkanes of at least 4 members (excludes halogenated alkanes) is 2. The molecule has 2 aromatic heterocycles. The normalized spacial score (nSPS) is 12.6. The van der Waals surface area contributed by atoms with Crippen LogP contribution in [0.2, 0.25) is 0 Å². The predicted octanol–water partition coefficient (Wildman–Crippen LogP) is 2.74. The van der Waals surface area contributed by atoms with Gasteiger partial charge in [0.15, 0.2) is 0 Å². The smallest absolute Gasteiger partial charge is 0.345 e. The zero-order chi connectivity index (χ0) is 29.9. The second kappa shape index (κ2) is 12.3. The van der Waals surface area contributed by atoms with Crippen molar-refractivity contribution in [2.75, 3.05) is 23.7 Å². The molecule has 14 nitrogen and oxygen atoms in total. The fourth-order valence-corrected chi connectivity index (χ4v) is 7.30. The summed E-state index contributed by atoms with van der Waals surface area (Å²) < 4.78 is 102. The average molecular weight is 640 g/mol. The zero-order valence-corrected chi connectivity index (χ0v) is 23.9. The highest BCUT2D eigenvalue weighted by molar-refractivity contribution is 7.89. The maximum Gasteiger partial charge on any atom is 0.345 e. The Morgan fingerprint density at radius 1 is 0.875 bits per heavy atom. The van der Waals surface area contributed by atoms with Crippen molar-refractivity contribution < 1.29 is 53.2 Å². The molecule has 18 heteroatoms. The summed E-state index contributed by atoms with van der Waals surface area (Å²) in [7, 11) is -14.0. The molecule has 2 heterocycles. The average Bonchev–Trinajstić information content (AvgIpc) is 3.28. The standard InChI is InChI=1S/C22H25NO13S4/c24-19(25)5-2-1-3-8-23(9-4-10-38(27,28)29)15-7-6-14-11-16(22(26)36-17(14)12-15)21-18(39(30,31)32)13-20(37-21)40(33,34)35/h6-7,11-13H,1-5,8-10H2,(H,24,25)(H,27,28,29)(H,30,31,32)(H,33,34,35).